The molecule has 2 aromatic carbocycles. The Hall–Kier alpha value is -2.28. The highest BCUT2D eigenvalue weighted by atomic mass is 14.8. The Morgan fingerprint density at radius 2 is 1.63 bits per heavy atom. The van der Waals surface area contributed by atoms with Crippen molar-refractivity contribution in [3.05, 3.63) is 72.3 Å². The molecule has 0 fully saturated rings. The molecule has 3 rings (SSSR count). The Morgan fingerprint density at radius 3 is 2.32 bits per heavy atom. The molecule has 0 heterocycles. The van der Waals surface area contributed by atoms with Crippen LogP contribution in [0.1, 0.15) is 12.0 Å². The first-order valence-electron chi connectivity index (χ1n) is 6.62. The summed E-state index contributed by atoms with van der Waals surface area (Å²) < 4.78 is 0. The van der Waals surface area contributed by atoms with Gasteiger partial charge in [0.2, 0.25) is 0 Å². The maximum atomic E-state index is 3.24. The van der Waals surface area contributed by atoms with E-state index in [9.17, 15) is 0 Å². The van der Waals surface area contributed by atoms with E-state index in [1.165, 1.54) is 22.3 Å². The van der Waals surface area contributed by atoms with Gasteiger partial charge in [0.15, 0.2) is 0 Å². The van der Waals surface area contributed by atoms with Crippen molar-refractivity contribution in [2.45, 2.75) is 6.42 Å². The number of anilines is 1. The lowest BCUT2D eigenvalue weighted by Gasteiger charge is -2.10. The van der Waals surface area contributed by atoms with Crippen LogP contribution in [0.15, 0.2) is 66.8 Å². The van der Waals surface area contributed by atoms with Gasteiger partial charge < -0.3 is 5.32 Å². The number of hydrogen-bond donors (Lipinski definition) is 1. The van der Waals surface area contributed by atoms with Crippen LogP contribution in [0.4, 0.5) is 5.69 Å². The molecule has 19 heavy (non-hydrogen) atoms. The van der Waals surface area contributed by atoms with Crippen molar-refractivity contribution in [1.82, 2.24) is 0 Å². The van der Waals surface area contributed by atoms with E-state index >= 15 is 0 Å². The van der Waals surface area contributed by atoms with Crippen molar-refractivity contribution >= 4 is 11.3 Å². The van der Waals surface area contributed by atoms with Crippen molar-refractivity contribution in [1.29, 1.82) is 0 Å². The van der Waals surface area contributed by atoms with E-state index in [0.717, 1.165) is 12.1 Å². The van der Waals surface area contributed by atoms with Gasteiger partial charge in [-0.2, -0.15) is 0 Å². The molecule has 0 saturated heterocycles. The van der Waals surface area contributed by atoms with Crippen molar-refractivity contribution in [2.75, 3.05) is 12.4 Å². The van der Waals surface area contributed by atoms with E-state index in [2.05, 4.69) is 72.1 Å². The third kappa shape index (κ3) is 2.32. The highest BCUT2D eigenvalue weighted by Gasteiger charge is 2.05. The number of hydrogen-bond acceptors (Lipinski definition) is 1. The quantitative estimate of drug-likeness (QED) is 0.826. The zero-order valence-corrected chi connectivity index (χ0v) is 11.1. The second kappa shape index (κ2) is 5.15. The number of nitrogens with one attached hydrogen (secondary N) is 1. The highest BCUT2D eigenvalue weighted by molar-refractivity contribution is 5.79. The number of benzene rings is 2. The molecule has 1 nitrogen and oxygen atoms in total. The molecule has 0 aromatic heterocycles. The van der Waals surface area contributed by atoms with Crippen molar-refractivity contribution in [3.63, 3.8) is 0 Å². The SMILES string of the molecule is CNc1ccccc1-c1ccc(C2=CC=CC2)cc1. The molecule has 1 aliphatic rings. The molecule has 0 aliphatic heterocycles. The average Bonchev–Trinajstić information content (AvgIpc) is 3.02. The first-order chi connectivity index (χ1) is 9.38. The summed E-state index contributed by atoms with van der Waals surface area (Å²) in [6, 6.07) is 17.2. The van der Waals surface area contributed by atoms with Crippen LogP contribution < -0.4 is 5.32 Å². The largest absolute Gasteiger partial charge is 0.388 e. The summed E-state index contributed by atoms with van der Waals surface area (Å²) in [5.74, 6) is 0. The van der Waals surface area contributed by atoms with E-state index in [1.54, 1.807) is 0 Å². The molecule has 1 heteroatoms. The summed E-state index contributed by atoms with van der Waals surface area (Å²) in [5, 5.41) is 3.24. The Morgan fingerprint density at radius 1 is 0.895 bits per heavy atom. The zero-order valence-electron chi connectivity index (χ0n) is 11.1. The molecule has 0 radical (unpaired) electrons. The number of allylic oxidation sites excluding steroid dienone is 4. The summed E-state index contributed by atoms with van der Waals surface area (Å²) >= 11 is 0. The van der Waals surface area contributed by atoms with Gasteiger partial charge in [-0.15, -0.1) is 0 Å². The van der Waals surface area contributed by atoms with Gasteiger partial charge in [0.05, 0.1) is 0 Å². The first kappa shape index (κ1) is 11.8. The Bertz CT molecular complexity index is 633. The maximum absolute atomic E-state index is 3.24. The minimum Gasteiger partial charge on any atom is -0.388 e. The zero-order chi connectivity index (χ0) is 13.1. The lowest BCUT2D eigenvalue weighted by atomic mass is 9.99. The molecule has 0 unspecified atom stereocenters. The predicted molar refractivity (Wildman–Crippen MR) is 83.2 cm³/mol. The summed E-state index contributed by atoms with van der Waals surface area (Å²) in [6.07, 6.45) is 7.56. The fourth-order valence-electron chi connectivity index (χ4n) is 2.48. The van der Waals surface area contributed by atoms with Crippen LogP contribution in [-0.2, 0) is 0 Å². The lowest BCUT2D eigenvalue weighted by Crippen LogP contribution is -1.91. The fraction of sp³-hybridized carbons (Fsp3) is 0.111. The topological polar surface area (TPSA) is 12.0 Å². The third-order valence-corrected chi connectivity index (χ3v) is 3.53. The van der Waals surface area contributed by atoms with Crippen LogP contribution in [0.3, 0.4) is 0 Å². The molecule has 0 amide bonds. The van der Waals surface area contributed by atoms with Gasteiger partial charge in [-0.25, -0.2) is 0 Å². The van der Waals surface area contributed by atoms with Crippen LogP contribution in [-0.4, -0.2) is 7.05 Å². The summed E-state index contributed by atoms with van der Waals surface area (Å²) in [4.78, 5) is 0. The number of para-hydroxylation sites is 1. The van der Waals surface area contributed by atoms with Crippen LogP contribution in [0.5, 0.6) is 0 Å². The monoisotopic (exact) mass is 247 g/mol. The van der Waals surface area contributed by atoms with E-state index in [0.29, 0.717) is 0 Å². The standard InChI is InChI=1S/C18H17N/c1-19-18-9-5-4-8-17(18)16-12-10-15(11-13-16)14-6-2-3-7-14/h2-6,8-13,19H,7H2,1H3. The first-order valence-corrected chi connectivity index (χ1v) is 6.62. The van der Waals surface area contributed by atoms with E-state index < -0.39 is 0 Å². The van der Waals surface area contributed by atoms with E-state index in [4.69, 9.17) is 0 Å². The molecule has 0 saturated carbocycles. The van der Waals surface area contributed by atoms with Gasteiger partial charge in [-0.1, -0.05) is 60.7 Å². The minimum absolute atomic E-state index is 1.05. The van der Waals surface area contributed by atoms with E-state index in [-0.39, 0.29) is 0 Å². The van der Waals surface area contributed by atoms with Crippen LogP contribution in [0.25, 0.3) is 16.7 Å². The second-order valence-electron chi connectivity index (χ2n) is 4.70. The minimum atomic E-state index is 1.05. The van der Waals surface area contributed by atoms with Gasteiger partial charge in [0, 0.05) is 18.3 Å². The predicted octanol–water partition coefficient (Wildman–Crippen LogP) is 4.74. The van der Waals surface area contributed by atoms with E-state index in [1.807, 2.05) is 7.05 Å². The van der Waals surface area contributed by atoms with Gasteiger partial charge in [-0.05, 0) is 29.2 Å². The van der Waals surface area contributed by atoms with Crippen molar-refractivity contribution in [3.8, 4) is 11.1 Å². The molecular weight excluding hydrogens is 230 g/mol. The van der Waals surface area contributed by atoms with Gasteiger partial charge in [0.25, 0.3) is 0 Å². The van der Waals surface area contributed by atoms with Gasteiger partial charge >= 0.3 is 0 Å². The smallest absolute Gasteiger partial charge is 0.0417 e. The van der Waals surface area contributed by atoms with Crippen LogP contribution in [0, 0.1) is 0 Å². The van der Waals surface area contributed by atoms with Gasteiger partial charge in [-0.3, -0.25) is 0 Å². The summed E-state index contributed by atoms with van der Waals surface area (Å²) in [5.41, 5.74) is 6.37. The molecule has 0 atom stereocenters. The van der Waals surface area contributed by atoms with Crippen molar-refractivity contribution in [2.24, 2.45) is 0 Å². The summed E-state index contributed by atoms with van der Waals surface area (Å²) in [6.45, 7) is 0. The molecule has 94 valence electrons. The molecule has 1 aliphatic carbocycles. The third-order valence-electron chi connectivity index (χ3n) is 3.53. The number of rotatable bonds is 3. The van der Waals surface area contributed by atoms with Crippen LogP contribution >= 0.6 is 0 Å². The summed E-state index contributed by atoms with van der Waals surface area (Å²) in [7, 11) is 1.96. The molecule has 2 aromatic rings. The molecule has 0 spiro atoms. The molecule has 0 bridgehead atoms. The lowest BCUT2D eigenvalue weighted by molar-refractivity contribution is 1.43. The average molecular weight is 247 g/mol. The normalized spacial score (nSPS) is 13.4. The Balaban J connectivity index is 1.94. The van der Waals surface area contributed by atoms with Crippen LogP contribution in [0.2, 0.25) is 0 Å². The fourth-order valence-corrected chi connectivity index (χ4v) is 2.48. The van der Waals surface area contributed by atoms with Gasteiger partial charge in [0.1, 0.15) is 0 Å². The molecular formula is C18H17N. The highest BCUT2D eigenvalue weighted by Crippen LogP contribution is 2.30. The Kier molecular flexibility index (Phi) is 3.20. The molecule has 1 N–H and O–H groups in total. The van der Waals surface area contributed by atoms with Crippen molar-refractivity contribution < 1.29 is 0 Å². The maximum Gasteiger partial charge on any atom is 0.0417 e. The second-order valence-corrected chi connectivity index (χ2v) is 4.70. The Labute approximate surface area is 114 Å².